The zero-order chi connectivity index (χ0) is 27.0. The predicted octanol–water partition coefficient (Wildman–Crippen LogP) is 3.51. The molecule has 200 valence electrons. The first-order chi connectivity index (χ1) is 17.5. The molecule has 3 aromatic rings. The molecule has 0 amide bonds. The van der Waals surface area contributed by atoms with Gasteiger partial charge in [0.25, 0.3) is 31.8 Å². The zero-order valence-electron chi connectivity index (χ0n) is 20.0. The molecule has 1 fully saturated rings. The van der Waals surface area contributed by atoms with E-state index >= 15 is 0 Å². The van der Waals surface area contributed by atoms with Gasteiger partial charge < -0.3 is 14.2 Å². The van der Waals surface area contributed by atoms with E-state index in [0.717, 1.165) is 36.4 Å². The third kappa shape index (κ3) is 5.32. The van der Waals surface area contributed by atoms with Crippen LogP contribution in [0, 0.1) is 6.92 Å². The highest BCUT2D eigenvalue weighted by molar-refractivity contribution is 7.93. The average Bonchev–Trinajstić information content (AvgIpc) is 3.25. The van der Waals surface area contributed by atoms with Gasteiger partial charge in [-0.05, 0) is 38.0 Å². The van der Waals surface area contributed by atoms with E-state index < -0.39 is 50.1 Å². The lowest BCUT2D eigenvalue weighted by Gasteiger charge is -2.26. The first-order valence-corrected chi connectivity index (χ1v) is 13.9. The van der Waals surface area contributed by atoms with Crippen molar-refractivity contribution in [2.45, 2.75) is 48.5 Å². The van der Waals surface area contributed by atoms with Crippen LogP contribution in [-0.2, 0) is 20.0 Å². The minimum absolute atomic E-state index is 0.0126. The third-order valence-corrected chi connectivity index (χ3v) is 8.82. The van der Waals surface area contributed by atoms with Crippen molar-refractivity contribution >= 4 is 26.0 Å². The fraction of sp³-hybridized carbons (Fsp3) is 0.364. The summed E-state index contributed by atoms with van der Waals surface area (Å²) in [6, 6.07) is 7.50. The fourth-order valence-electron chi connectivity index (χ4n) is 3.72. The maximum absolute atomic E-state index is 13.4. The number of methoxy groups -OCH3 is 2. The van der Waals surface area contributed by atoms with E-state index in [0.29, 0.717) is 18.5 Å². The number of anilines is 1. The molecule has 0 aliphatic heterocycles. The van der Waals surface area contributed by atoms with E-state index in [2.05, 4.69) is 19.4 Å². The van der Waals surface area contributed by atoms with Crippen LogP contribution in [0.15, 0.2) is 46.3 Å². The van der Waals surface area contributed by atoms with Gasteiger partial charge in [0.05, 0.1) is 19.1 Å². The predicted molar refractivity (Wildman–Crippen MR) is 127 cm³/mol. The van der Waals surface area contributed by atoms with Crippen LogP contribution in [-0.4, -0.2) is 51.6 Å². The molecule has 0 saturated heterocycles. The first-order valence-electron chi connectivity index (χ1n) is 11.0. The molecule has 0 spiro atoms. The van der Waals surface area contributed by atoms with Crippen molar-refractivity contribution in [3.05, 3.63) is 47.8 Å². The summed E-state index contributed by atoms with van der Waals surface area (Å²) in [6.07, 6.45) is 3.34. The largest absolute Gasteiger partial charge is 0.478 e. The molecule has 4 rings (SSSR count). The van der Waals surface area contributed by atoms with Crippen molar-refractivity contribution in [1.82, 2.24) is 13.9 Å². The van der Waals surface area contributed by atoms with Gasteiger partial charge >= 0.3 is 6.61 Å². The van der Waals surface area contributed by atoms with Crippen molar-refractivity contribution in [2.24, 2.45) is 0 Å². The van der Waals surface area contributed by atoms with Gasteiger partial charge in [0, 0.05) is 17.8 Å². The molecular weight excluding hydrogens is 534 g/mol. The van der Waals surface area contributed by atoms with Crippen molar-refractivity contribution in [3.63, 3.8) is 0 Å². The number of aromatic nitrogens is 3. The van der Waals surface area contributed by atoms with Crippen LogP contribution in [0.4, 0.5) is 14.7 Å². The van der Waals surface area contributed by atoms with Crippen LogP contribution in [0.25, 0.3) is 0 Å². The maximum Gasteiger partial charge on any atom is 0.387 e. The van der Waals surface area contributed by atoms with Gasteiger partial charge in [-0.1, -0.05) is 24.1 Å². The Kier molecular flexibility index (Phi) is 7.28. The quantitative estimate of drug-likeness (QED) is 0.396. The highest BCUT2D eigenvalue weighted by atomic mass is 32.2. The van der Waals surface area contributed by atoms with Crippen molar-refractivity contribution in [1.29, 1.82) is 0 Å². The number of alkyl halides is 2. The Morgan fingerprint density at radius 3 is 2.08 bits per heavy atom. The second-order valence-electron chi connectivity index (χ2n) is 8.22. The van der Waals surface area contributed by atoms with E-state index in [1.54, 1.807) is 12.1 Å². The Bertz CT molecular complexity index is 1480. The standard InChI is InChI=1S/C22H24F2N4O7S2/c1-13-7-9-15(10-8-13)37(31,32)28-12-16(11-17(28)14-5-4-6-14)36(29,30)27-22-25-19(33-2)18(35-21(23)24)20(26-22)34-3/h7-12,14,21H,4-6H2,1-3H3,(H,25,26,27). The van der Waals surface area contributed by atoms with Crippen LogP contribution in [0.5, 0.6) is 17.5 Å². The number of ether oxygens (including phenoxy) is 3. The van der Waals surface area contributed by atoms with Crippen LogP contribution in [0.3, 0.4) is 0 Å². The number of nitrogens with one attached hydrogen (secondary N) is 1. The molecule has 2 aromatic heterocycles. The zero-order valence-corrected chi connectivity index (χ0v) is 21.6. The van der Waals surface area contributed by atoms with Crippen LogP contribution < -0.4 is 18.9 Å². The summed E-state index contributed by atoms with van der Waals surface area (Å²) in [7, 11) is -6.30. The summed E-state index contributed by atoms with van der Waals surface area (Å²) in [6.45, 7) is -1.42. The third-order valence-electron chi connectivity index (χ3n) is 5.82. The van der Waals surface area contributed by atoms with Crippen LogP contribution >= 0.6 is 0 Å². The van der Waals surface area contributed by atoms with Gasteiger partial charge in [-0.2, -0.15) is 18.7 Å². The number of hydrogen-bond donors (Lipinski definition) is 1. The van der Waals surface area contributed by atoms with Crippen molar-refractivity contribution in [2.75, 3.05) is 18.9 Å². The van der Waals surface area contributed by atoms with Gasteiger partial charge in [-0.25, -0.2) is 25.5 Å². The lowest BCUT2D eigenvalue weighted by atomic mass is 9.83. The molecule has 1 aliphatic carbocycles. The molecule has 11 nitrogen and oxygen atoms in total. The van der Waals surface area contributed by atoms with Crippen molar-refractivity contribution in [3.8, 4) is 17.5 Å². The number of benzene rings is 1. The molecule has 15 heteroatoms. The fourth-order valence-corrected chi connectivity index (χ4v) is 6.19. The smallest absolute Gasteiger partial charge is 0.387 e. The molecule has 0 atom stereocenters. The molecule has 0 radical (unpaired) electrons. The summed E-state index contributed by atoms with van der Waals surface area (Å²) in [5.74, 6) is -2.31. The summed E-state index contributed by atoms with van der Waals surface area (Å²) in [5.41, 5.74) is 1.21. The summed E-state index contributed by atoms with van der Waals surface area (Å²) < 4.78 is 96.1. The number of nitrogens with zero attached hydrogens (tertiary/aromatic N) is 3. The summed E-state index contributed by atoms with van der Waals surface area (Å²) in [4.78, 5) is 7.21. The first kappa shape index (κ1) is 26.6. The normalized spacial score (nSPS) is 14.3. The van der Waals surface area contributed by atoms with Gasteiger partial charge in [0.15, 0.2) is 0 Å². The minimum Gasteiger partial charge on any atom is -0.478 e. The maximum atomic E-state index is 13.4. The van der Waals surface area contributed by atoms with E-state index in [9.17, 15) is 25.6 Å². The average molecular weight is 559 g/mol. The highest BCUT2D eigenvalue weighted by Gasteiger charge is 2.32. The second-order valence-corrected chi connectivity index (χ2v) is 11.7. The highest BCUT2D eigenvalue weighted by Crippen LogP contribution is 2.40. The minimum atomic E-state index is -4.43. The van der Waals surface area contributed by atoms with Crippen molar-refractivity contribution < 1.29 is 39.8 Å². The molecule has 37 heavy (non-hydrogen) atoms. The Morgan fingerprint density at radius 1 is 1.00 bits per heavy atom. The molecule has 0 unspecified atom stereocenters. The van der Waals surface area contributed by atoms with E-state index in [-0.39, 0.29) is 15.7 Å². The molecule has 0 bridgehead atoms. The number of sulfonamides is 1. The Morgan fingerprint density at radius 2 is 1.59 bits per heavy atom. The Hall–Kier alpha value is -3.46. The number of rotatable bonds is 10. The topological polar surface area (TPSA) is 139 Å². The molecule has 2 heterocycles. The lowest BCUT2D eigenvalue weighted by molar-refractivity contribution is -0.0533. The van der Waals surface area contributed by atoms with Gasteiger partial charge in [-0.15, -0.1) is 0 Å². The van der Waals surface area contributed by atoms with E-state index in [1.807, 2.05) is 6.92 Å². The van der Waals surface area contributed by atoms with Gasteiger partial charge in [-0.3, -0.25) is 0 Å². The van der Waals surface area contributed by atoms with Crippen LogP contribution in [0.1, 0.15) is 36.4 Å². The molecule has 1 aromatic carbocycles. The molecule has 1 N–H and O–H groups in total. The van der Waals surface area contributed by atoms with E-state index in [4.69, 9.17) is 9.47 Å². The monoisotopic (exact) mass is 558 g/mol. The number of hydrogen-bond acceptors (Lipinski definition) is 9. The summed E-state index contributed by atoms with van der Waals surface area (Å²) in [5, 5.41) is 0. The molecule has 1 aliphatic rings. The Balaban J connectivity index is 1.74. The number of aryl methyl sites for hydroxylation is 1. The van der Waals surface area contributed by atoms with Crippen LogP contribution in [0.2, 0.25) is 0 Å². The van der Waals surface area contributed by atoms with Gasteiger partial charge in [0.2, 0.25) is 11.7 Å². The van der Waals surface area contributed by atoms with Gasteiger partial charge in [0.1, 0.15) is 4.90 Å². The van der Waals surface area contributed by atoms with E-state index in [1.165, 1.54) is 18.2 Å². The number of halogens is 2. The molecular formula is C22H24F2N4O7S2. The summed E-state index contributed by atoms with van der Waals surface area (Å²) >= 11 is 0. The second kappa shape index (κ2) is 10.1. The lowest BCUT2D eigenvalue weighted by Crippen LogP contribution is -2.20. The SMILES string of the molecule is COc1nc(NS(=O)(=O)c2cc(C3CCC3)n(S(=O)(=O)c3ccc(C)cc3)c2)nc(OC)c1OC(F)F. The molecule has 1 saturated carbocycles. The Labute approximate surface area is 212 Å².